The monoisotopic (exact) mass is 272 g/mol. The first-order chi connectivity index (χ1) is 9.45. The molecule has 0 bridgehead atoms. The fourth-order valence-electron chi connectivity index (χ4n) is 1.84. The van der Waals surface area contributed by atoms with Crippen molar-refractivity contribution >= 4 is 11.4 Å². The van der Waals surface area contributed by atoms with Gasteiger partial charge >= 0.3 is 0 Å². The van der Waals surface area contributed by atoms with Crippen molar-refractivity contribution in [2.75, 3.05) is 5.73 Å². The number of nitrogens with zero attached hydrogens (tertiary/aromatic N) is 1. The Balaban J connectivity index is 2.30. The lowest BCUT2D eigenvalue weighted by atomic mass is 10.0. The lowest BCUT2D eigenvalue weighted by Crippen LogP contribution is -1.94. The minimum absolute atomic E-state index is 0.0833. The molecule has 0 unspecified atom stereocenters. The van der Waals surface area contributed by atoms with Crippen LogP contribution in [0.5, 0.6) is 11.5 Å². The molecule has 0 radical (unpaired) electrons. The number of benzene rings is 2. The van der Waals surface area contributed by atoms with Gasteiger partial charge in [0.1, 0.15) is 11.5 Å². The van der Waals surface area contributed by atoms with E-state index in [-0.39, 0.29) is 5.69 Å². The van der Waals surface area contributed by atoms with Gasteiger partial charge in [-0.05, 0) is 23.6 Å². The normalized spacial score (nSPS) is 10.6. The predicted octanol–water partition coefficient (Wildman–Crippen LogP) is 4.09. The first-order valence-corrected chi connectivity index (χ1v) is 6.28. The number of nitrogens with two attached hydrogens (primary N) is 1. The third-order valence-corrected chi connectivity index (χ3v) is 2.88. The van der Waals surface area contributed by atoms with E-state index < -0.39 is 4.92 Å². The third-order valence-electron chi connectivity index (χ3n) is 2.88. The summed E-state index contributed by atoms with van der Waals surface area (Å²) >= 11 is 0. The average molecular weight is 272 g/mol. The molecule has 2 aromatic carbocycles. The number of hydrogen-bond acceptors (Lipinski definition) is 4. The highest BCUT2D eigenvalue weighted by atomic mass is 16.6. The molecule has 5 heteroatoms. The zero-order valence-corrected chi connectivity index (χ0v) is 11.4. The van der Waals surface area contributed by atoms with Crippen LogP contribution >= 0.6 is 0 Å². The highest BCUT2D eigenvalue weighted by Gasteiger charge is 2.10. The van der Waals surface area contributed by atoms with Gasteiger partial charge in [0.25, 0.3) is 5.69 Å². The van der Waals surface area contributed by atoms with Gasteiger partial charge in [-0.25, -0.2) is 0 Å². The molecular formula is C15H16N2O3. The lowest BCUT2D eigenvalue weighted by Gasteiger charge is -2.10. The maximum atomic E-state index is 10.8. The molecule has 0 fully saturated rings. The molecule has 0 aliphatic rings. The minimum Gasteiger partial charge on any atom is -0.457 e. The standard InChI is InChI=1S/C15H16N2O3/c1-10(2)11-4-3-5-14(6-11)20-15-8-12(16)7-13(9-15)17(18)19/h3-10H,16H2,1-2H3. The van der Waals surface area contributed by atoms with Crippen molar-refractivity contribution in [3.63, 3.8) is 0 Å². The van der Waals surface area contributed by atoms with Crippen LogP contribution in [0.4, 0.5) is 11.4 Å². The Kier molecular flexibility index (Phi) is 3.89. The Labute approximate surface area is 117 Å². The second-order valence-corrected chi connectivity index (χ2v) is 4.85. The van der Waals surface area contributed by atoms with Gasteiger partial charge in [0.05, 0.1) is 11.0 Å². The topological polar surface area (TPSA) is 78.4 Å². The van der Waals surface area contributed by atoms with Gasteiger partial charge in [-0.3, -0.25) is 10.1 Å². The van der Waals surface area contributed by atoms with E-state index in [0.717, 1.165) is 5.56 Å². The smallest absolute Gasteiger partial charge is 0.275 e. The van der Waals surface area contributed by atoms with Crippen molar-refractivity contribution in [1.82, 2.24) is 0 Å². The van der Waals surface area contributed by atoms with Crippen LogP contribution in [-0.2, 0) is 0 Å². The molecule has 20 heavy (non-hydrogen) atoms. The SMILES string of the molecule is CC(C)c1cccc(Oc2cc(N)cc([N+](=O)[O-])c2)c1. The van der Waals surface area contributed by atoms with Crippen molar-refractivity contribution in [3.05, 3.63) is 58.1 Å². The van der Waals surface area contributed by atoms with Crippen molar-refractivity contribution in [3.8, 4) is 11.5 Å². The molecule has 2 N–H and O–H groups in total. The van der Waals surface area contributed by atoms with Crippen LogP contribution in [-0.4, -0.2) is 4.92 Å². The summed E-state index contributed by atoms with van der Waals surface area (Å²) in [5.41, 5.74) is 7.00. The van der Waals surface area contributed by atoms with Crippen molar-refractivity contribution in [2.45, 2.75) is 19.8 Å². The molecule has 0 spiro atoms. The molecule has 0 aromatic heterocycles. The van der Waals surface area contributed by atoms with Gasteiger partial charge in [0.2, 0.25) is 0 Å². The number of nitro groups is 1. The summed E-state index contributed by atoms with van der Waals surface area (Å²) < 4.78 is 5.66. The fraction of sp³-hybridized carbons (Fsp3) is 0.200. The Morgan fingerprint density at radius 1 is 1.15 bits per heavy atom. The number of nitro benzene ring substituents is 1. The molecule has 2 aromatic rings. The van der Waals surface area contributed by atoms with Gasteiger partial charge in [0.15, 0.2) is 0 Å². The molecule has 0 aliphatic heterocycles. The van der Waals surface area contributed by atoms with E-state index in [1.807, 2.05) is 18.2 Å². The van der Waals surface area contributed by atoms with Gasteiger partial charge in [-0.15, -0.1) is 0 Å². The van der Waals surface area contributed by atoms with Gasteiger partial charge in [0, 0.05) is 17.8 Å². The number of rotatable bonds is 4. The first kappa shape index (κ1) is 13.9. The second kappa shape index (κ2) is 5.61. The first-order valence-electron chi connectivity index (χ1n) is 6.28. The number of non-ortho nitro benzene ring substituents is 1. The average Bonchev–Trinajstić information content (AvgIpc) is 2.38. The van der Waals surface area contributed by atoms with Crippen LogP contribution in [0.3, 0.4) is 0 Å². The van der Waals surface area contributed by atoms with E-state index in [1.54, 1.807) is 12.1 Å². The van der Waals surface area contributed by atoms with Crippen LogP contribution in [0.2, 0.25) is 0 Å². The Morgan fingerprint density at radius 2 is 1.90 bits per heavy atom. The molecular weight excluding hydrogens is 256 g/mol. The summed E-state index contributed by atoms with van der Waals surface area (Å²) in [5, 5.41) is 10.8. The fourth-order valence-corrected chi connectivity index (χ4v) is 1.84. The van der Waals surface area contributed by atoms with Crippen LogP contribution in [0.25, 0.3) is 0 Å². The van der Waals surface area contributed by atoms with Gasteiger partial charge in [-0.2, -0.15) is 0 Å². The second-order valence-electron chi connectivity index (χ2n) is 4.85. The zero-order valence-electron chi connectivity index (χ0n) is 11.4. The number of nitrogen functional groups attached to an aromatic ring is 1. The summed E-state index contributed by atoms with van der Waals surface area (Å²) in [6, 6.07) is 11.9. The molecule has 0 saturated carbocycles. The summed E-state index contributed by atoms with van der Waals surface area (Å²) in [5.74, 6) is 1.38. The van der Waals surface area contributed by atoms with Gasteiger partial charge in [-0.1, -0.05) is 26.0 Å². The van der Waals surface area contributed by atoms with Crippen molar-refractivity contribution in [1.29, 1.82) is 0 Å². The van der Waals surface area contributed by atoms with E-state index in [1.165, 1.54) is 12.1 Å². The number of hydrogen-bond donors (Lipinski definition) is 1. The van der Waals surface area contributed by atoms with E-state index in [2.05, 4.69) is 13.8 Å². The maximum absolute atomic E-state index is 10.8. The maximum Gasteiger partial charge on any atom is 0.275 e. The quantitative estimate of drug-likeness (QED) is 0.516. The molecule has 0 aliphatic carbocycles. The van der Waals surface area contributed by atoms with Crippen molar-refractivity contribution < 1.29 is 9.66 Å². The van der Waals surface area contributed by atoms with E-state index in [4.69, 9.17) is 10.5 Å². The molecule has 5 nitrogen and oxygen atoms in total. The van der Waals surface area contributed by atoms with E-state index in [9.17, 15) is 10.1 Å². The highest BCUT2D eigenvalue weighted by Crippen LogP contribution is 2.29. The molecule has 0 amide bonds. The van der Waals surface area contributed by atoms with E-state index in [0.29, 0.717) is 23.1 Å². The Morgan fingerprint density at radius 3 is 2.55 bits per heavy atom. The number of ether oxygens (including phenoxy) is 1. The van der Waals surface area contributed by atoms with E-state index >= 15 is 0 Å². The van der Waals surface area contributed by atoms with Crippen LogP contribution in [0.1, 0.15) is 25.3 Å². The molecule has 0 atom stereocenters. The largest absolute Gasteiger partial charge is 0.457 e. The summed E-state index contributed by atoms with van der Waals surface area (Å²) in [6.07, 6.45) is 0. The lowest BCUT2D eigenvalue weighted by molar-refractivity contribution is -0.384. The highest BCUT2D eigenvalue weighted by molar-refractivity contribution is 5.54. The Hall–Kier alpha value is -2.56. The third kappa shape index (κ3) is 3.26. The summed E-state index contributed by atoms with van der Waals surface area (Å²) in [6.45, 7) is 4.18. The predicted molar refractivity (Wildman–Crippen MR) is 78.1 cm³/mol. The number of anilines is 1. The Bertz CT molecular complexity index is 639. The van der Waals surface area contributed by atoms with Gasteiger partial charge < -0.3 is 10.5 Å². The zero-order chi connectivity index (χ0) is 14.7. The molecule has 0 heterocycles. The van der Waals surface area contributed by atoms with Crippen LogP contribution in [0.15, 0.2) is 42.5 Å². The van der Waals surface area contributed by atoms with Crippen LogP contribution < -0.4 is 10.5 Å². The van der Waals surface area contributed by atoms with Crippen molar-refractivity contribution in [2.24, 2.45) is 0 Å². The molecule has 2 rings (SSSR count). The summed E-state index contributed by atoms with van der Waals surface area (Å²) in [4.78, 5) is 10.3. The summed E-state index contributed by atoms with van der Waals surface area (Å²) in [7, 11) is 0. The minimum atomic E-state index is -0.492. The molecule has 0 saturated heterocycles. The van der Waals surface area contributed by atoms with Crippen LogP contribution in [0, 0.1) is 10.1 Å². The molecule has 104 valence electrons.